The van der Waals surface area contributed by atoms with Gasteiger partial charge in [-0.25, -0.2) is 13.9 Å². The molecule has 400 valence electrons. The lowest BCUT2D eigenvalue weighted by Gasteiger charge is -2.21. The second-order valence-corrected chi connectivity index (χ2v) is 20.4. The average Bonchev–Trinajstić information content (AvgIpc) is 3.58. The van der Waals surface area contributed by atoms with Gasteiger partial charge in [-0.05, 0) is 44.6 Å². The highest BCUT2D eigenvalue weighted by atomic mass is 31.3. The summed E-state index contributed by atoms with van der Waals surface area (Å²) >= 11 is 0. The van der Waals surface area contributed by atoms with E-state index in [9.17, 15) is 53.7 Å². The molecule has 70 heavy (non-hydrogen) atoms. The number of nitrogens with zero attached hydrogens (tertiary/aromatic N) is 2. The monoisotopic (exact) mass is 1030 g/mol. The molecule has 0 aromatic carbocycles. The van der Waals surface area contributed by atoms with E-state index < -0.39 is 95.9 Å². The Kier molecular flexibility index (Phi) is 32.8. The summed E-state index contributed by atoms with van der Waals surface area (Å²) in [6.45, 7) is 1.85. The first kappa shape index (κ1) is 62.8. The second kappa shape index (κ2) is 36.5. The number of aromatic nitrogens is 2. The fourth-order valence-electron chi connectivity index (χ4n) is 7.15. The number of aliphatic hydroxyl groups is 4. The number of carbonyl (C=O) groups is 2. The van der Waals surface area contributed by atoms with Crippen molar-refractivity contribution in [1.29, 1.82) is 0 Å². The molecule has 1 aliphatic rings. The number of aliphatic hydroxyl groups excluding tert-OH is 4. The molecule has 1 aromatic rings. The summed E-state index contributed by atoms with van der Waals surface area (Å²) in [4.78, 5) is 61.8. The van der Waals surface area contributed by atoms with E-state index in [0.717, 1.165) is 55.7 Å². The summed E-state index contributed by atoms with van der Waals surface area (Å²) in [6, 6.07) is 1.23. The number of ether oxygens (including phenoxy) is 3. The SMILES string of the molecule is CCCCC/C=C\C[C@@H](O)/C=C/C=C/C=C\[C@@H](O)CCCC(=O)OC[C@H](COP(=O)(O)OP(=O)(O)OC[C@H]1O[C@@H](n2ccc(N)nc2=O)[C@H](O)[C@@H]1O)OC(=O)CCCCCCCCCCCCCCC. The van der Waals surface area contributed by atoms with Gasteiger partial charge in [0.2, 0.25) is 0 Å². The maximum Gasteiger partial charge on any atom is 0.481 e. The Balaban J connectivity index is 1.88. The lowest BCUT2D eigenvalue weighted by molar-refractivity contribution is -0.161. The number of nitrogen functional groups attached to an aromatic ring is 1. The fourth-order valence-corrected chi connectivity index (χ4v) is 9.26. The maximum atomic E-state index is 12.8. The molecule has 0 spiro atoms. The van der Waals surface area contributed by atoms with Crippen LogP contribution in [0.3, 0.4) is 0 Å². The Labute approximate surface area is 413 Å². The van der Waals surface area contributed by atoms with Gasteiger partial charge in [0.1, 0.15) is 30.7 Å². The van der Waals surface area contributed by atoms with Crippen LogP contribution in [0.15, 0.2) is 65.7 Å². The molecule has 1 aliphatic heterocycles. The van der Waals surface area contributed by atoms with Crippen molar-refractivity contribution in [2.75, 3.05) is 25.6 Å². The molecule has 8 N–H and O–H groups in total. The van der Waals surface area contributed by atoms with Crippen molar-refractivity contribution in [3.05, 3.63) is 71.4 Å². The first-order chi connectivity index (χ1) is 33.5. The van der Waals surface area contributed by atoms with E-state index in [4.69, 9.17) is 29.0 Å². The summed E-state index contributed by atoms with van der Waals surface area (Å²) in [5.74, 6) is -1.55. The van der Waals surface area contributed by atoms with Gasteiger partial charge in [-0.15, -0.1) is 0 Å². The number of allylic oxidation sites excluding steroid dienone is 5. The van der Waals surface area contributed by atoms with Gasteiger partial charge in [-0.3, -0.25) is 23.2 Å². The largest absolute Gasteiger partial charge is 0.481 e. The number of rotatable bonds is 40. The second-order valence-electron chi connectivity index (χ2n) is 17.4. The van der Waals surface area contributed by atoms with Crippen LogP contribution in [0.1, 0.15) is 161 Å². The van der Waals surface area contributed by atoms with E-state index in [0.29, 0.717) is 12.8 Å². The summed E-state index contributed by atoms with van der Waals surface area (Å²) in [6.07, 6.45) is 25.3. The average molecular weight is 1030 g/mol. The molecule has 22 heteroatoms. The van der Waals surface area contributed by atoms with Crippen LogP contribution in [-0.4, -0.2) is 108 Å². The lowest BCUT2D eigenvalue weighted by atomic mass is 10.0. The first-order valence-electron chi connectivity index (χ1n) is 24.9. The maximum absolute atomic E-state index is 12.8. The normalized spacial score (nSPS) is 20.6. The van der Waals surface area contributed by atoms with Gasteiger partial charge in [0.15, 0.2) is 12.3 Å². The summed E-state index contributed by atoms with van der Waals surface area (Å²) in [5, 5.41) is 41.3. The molecule has 2 unspecified atom stereocenters. The molecule has 0 radical (unpaired) electrons. The van der Waals surface area contributed by atoms with Gasteiger partial charge in [-0.2, -0.15) is 9.29 Å². The number of esters is 2. The van der Waals surface area contributed by atoms with E-state index in [2.05, 4.69) is 29.2 Å². The van der Waals surface area contributed by atoms with E-state index in [-0.39, 0.29) is 31.5 Å². The molecule has 1 aromatic heterocycles. The van der Waals surface area contributed by atoms with Crippen molar-refractivity contribution in [1.82, 2.24) is 9.55 Å². The number of phosphoric ester groups is 2. The Hall–Kier alpha value is -3.36. The fraction of sp³-hybridized carbons (Fsp3) is 0.708. The number of hydrogen-bond donors (Lipinski definition) is 7. The van der Waals surface area contributed by atoms with E-state index in [1.807, 2.05) is 6.08 Å². The van der Waals surface area contributed by atoms with E-state index >= 15 is 0 Å². The highest BCUT2D eigenvalue weighted by molar-refractivity contribution is 7.61. The molecule has 0 aliphatic carbocycles. The third-order valence-electron chi connectivity index (χ3n) is 11.1. The van der Waals surface area contributed by atoms with Gasteiger partial charge in [-0.1, -0.05) is 152 Å². The highest BCUT2D eigenvalue weighted by Gasteiger charge is 2.46. The molecule has 1 saturated heterocycles. The summed E-state index contributed by atoms with van der Waals surface area (Å²) in [5.41, 5.74) is 4.56. The Morgan fingerprint density at radius 3 is 1.96 bits per heavy atom. The number of carbonyl (C=O) groups excluding carboxylic acids is 2. The molecule has 1 fully saturated rings. The zero-order valence-electron chi connectivity index (χ0n) is 41.0. The van der Waals surface area contributed by atoms with Gasteiger partial charge in [0.25, 0.3) is 0 Å². The van der Waals surface area contributed by atoms with Crippen LogP contribution < -0.4 is 11.4 Å². The minimum atomic E-state index is -5.47. The van der Waals surface area contributed by atoms with Crippen LogP contribution in [0, 0.1) is 0 Å². The first-order valence-corrected chi connectivity index (χ1v) is 27.9. The molecule has 0 amide bonds. The van der Waals surface area contributed by atoms with Crippen LogP contribution in [0.2, 0.25) is 0 Å². The van der Waals surface area contributed by atoms with Gasteiger partial charge >= 0.3 is 33.3 Å². The molecule has 2 heterocycles. The smallest absolute Gasteiger partial charge is 0.462 e. The minimum absolute atomic E-state index is 0.00101. The summed E-state index contributed by atoms with van der Waals surface area (Å²) < 4.78 is 56.5. The molecule has 0 saturated carbocycles. The van der Waals surface area contributed by atoms with Crippen LogP contribution in [0.4, 0.5) is 5.82 Å². The highest BCUT2D eigenvalue weighted by Crippen LogP contribution is 2.60. The van der Waals surface area contributed by atoms with Gasteiger partial charge < -0.3 is 50.2 Å². The molecular weight excluding hydrogens is 952 g/mol. The van der Waals surface area contributed by atoms with Crippen LogP contribution in [0.25, 0.3) is 0 Å². The van der Waals surface area contributed by atoms with Crippen molar-refractivity contribution in [2.24, 2.45) is 0 Å². The topological polar surface area (TPSA) is 306 Å². The number of nitrogens with two attached hydrogens (primary N) is 1. The molecule has 9 atom stereocenters. The van der Waals surface area contributed by atoms with Crippen molar-refractivity contribution in [3.8, 4) is 0 Å². The van der Waals surface area contributed by atoms with Crippen molar-refractivity contribution in [2.45, 2.75) is 198 Å². The molecular formula is C48H81N3O17P2. The Bertz CT molecular complexity index is 1900. The number of phosphoric acid groups is 2. The molecule has 2 rings (SSSR count). The van der Waals surface area contributed by atoms with Crippen molar-refractivity contribution >= 4 is 33.4 Å². The Morgan fingerprint density at radius 2 is 1.33 bits per heavy atom. The van der Waals surface area contributed by atoms with Gasteiger partial charge in [0, 0.05) is 19.0 Å². The molecule has 20 nitrogen and oxygen atoms in total. The van der Waals surface area contributed by atoms with Gasteiger partial charge in [0.05, 0.1) is 25.4 Å². The van der Waals surface area contributed by atoms with E-state index in [1.54, 1.807) is 30.4 Å². The quantitative estimate of drug-likeness (QED) is 0.0109. The van der Waals surface area contributed by atoms with Crippen molar-refractivity contribution < 1.29 is 76.5 Å². The van der Waals surface area contributed by atoms with E-state index in [1.165, 1.54) is 69.9 Å². The van der Waals surface area contributed by atoms with Crippen LogP contribution in [-0.2, 0) is 46.3 Å². The van der Waals surface area contributed by atoms with Crippen LogP contribution in [0.5, 0.6) is 0 Å². The predicted octanol–water partition coefficient (Wildman–Crippen LogP) is 7.72. The third-order valence-corrected chi connectivity index (χ3v) is 13.7. The number of anilines is 1. The third kappa shape index (κ3) is 29.2. The number of hydrogen-bond acceptors (Lipinski definition) is 17. The Morgan fingerprint density at radius 1 is 0.757 bits per heavy atom. The lowest BCUT2D eigenvalue weighted by Crippen LogP contribution is -2.36. The summed E-state index contributed by atoms with van der Waals surface area (Å²) in [7, 11) is -10.9. The van der Waals surface area contributed by atoms with Crippen LogP contribution >= 0.6 is 15.6 Å². The zero-order chi connectivity index (χ0) is 51.6. The number of unbranched alkanes of at least 4 members (excludes halogenated alkanes) is 15. The van der Waals surface area contributed by atoms with Crippen molar-refractivity contribution in [3.63, 3.8) is 0 Å². The minimum Gasteiger partial charge on any atom is -0.462 e. The molecule has 0 bridgehead atoms. The standard InChI is InChI=1S/C48H81N3O17P2/c1-3-5-7-9-11-12-13-14-15-16-17-19-25-31-44(55)66-40(35-63-43(54)32-26-30-39(53)29-24-21-20-23-28-38(52)27-22-18-10-8-6-4-2)36-64-69(59,60)68-70(61,62)65-37-41-45(56)46(57)47(67-41)51-34-33-42(49)50-48(51)58/h18,20-24,28-29,33-34,38-41,45-47,52-53,56-57H,3-17,19,25-27,30-32,35-37H2,1-2H3,(H,59,60)(H,61,62)(H2,49,50,58)/b21-20+,22-18-,28-23+,29-24-/t38-,39-,40-,41-,45-,46-,47-/m1/s1. The predicted molar refractivity (Wildman–Crippen MR) is 264 cm³/mol. The zero-order valence-corrected chi connectivity index (χ0v) is 42.8.